The minimum Gasteiger partial charge on any atom is -0.394 e. The minimum atomic E-state index is -1.54. The highest BCUT2D eigenvalue weighted by molar-refractivity contribution is 5.34. The Morgan fingerprint density at radius 3 is 2.64 bits per heavy atom. The van der Waals surface area contributed by atoms with Crippen LogP contribution in [0.4, 0.5) is 5.69 Å². The van der Waals surface area contributed by atoms with Gasteiger partial charge in [0.05, 0.1) is 18.1 Å². The number of hydrogen-bond donors (Lipinski definition) is 4. The molecule has 4 N–H and O–H groups in total. The van der Waals surface area contributed by atoms with Gasteiger partial charge in [-0.3, -0.25) is 10.1 Å². The molecule has 0 bridgehead atoms. The van der Waals surface area contributed by atoms with Crippen molar-refractivity contribution < 1.29 is 34.8 Å². The van der Waals surface area contributed by atoms with E-state index in [1.807, 2.05) is 0 Å². The number of aliphatic hydroxyl groups excluding tert-OH is 4. The Balaban J connectivity index is 2.26. The van der Waals surface area contributed by atoms with Crippen LogP contribution >= 0.6 is 0 Å². The average Bonchev–Trinajstić information content (AvgIpc) is 2.52. The van der Waals surface area contributed by atoms with Gasteiger partial charge in [-0.1, -0.05) is 12.1 Å². The molecular formula is C13H17NO8. The van der Waals surface area contributed by atoms with E-state index in [9.17, 15) is 30.5 Å². The Labute approximate surface area is 125 Å². The van der Waals surface area contributed by atoms with Crippen LogP contribution in [0.25, 0.3) is 0 Å². The van der Waals surface area contributed by atoms with Gasteiger partial charge in [0.15, 0.2) is 6.29 Å². The lowest BCUT2D eigenvalue weighted by atomic mass is 10.0. The maximum absolute atomic E-state index is 10.8. The van der Waals surface area contributed by atoms with Crippen LogP contribution in [0.1, 0.15) is 11.9 Å². The number of benzene rings is 1. The summed E-state index contributed by atoms with van der Waals surface area (Å²) in [6.07, 6.45) is -6.79. The van der Waals surface area contributed by atoms with Crippen LogP contribution in [0.2, 0.25) is 0 Å². The van der Waals surface area contributed by atoms with Gasteiger partial charge in [0, 0.05) is 17.7 Å². The zero-order valence-corrected chi connectivity index (χ0v) is 11.5. The van der Waals surface area contributed by atoms with E-state index in [0.717, 1.165) is 0 Å². The number of nitrogens with zero attached hydrogens (tertiary/aromatic N) is 1. The van der Waals surface area contributed by atoms with E-state index in [-0.39, 0.29) is 12.3 Å². The molecule has 1 aliphatic heterocycles. The summed E-state index contributed by atoms with van der Waals surface area (Å²) in [4.78, 5) is 10.2. The predicted molar refractivity (Wildman–Crippen MR) is 71.8 cm³/mol. The molecule has 22 heavy (non-hydrogen) atoms. The lowest BCUT2D eigenvalue weighted by Gasteiger charge is -2.34. The second-order valence-corrected chi connectivity index (χ2v) is 4.92. The van der Waals surface area contributed by atoms with Gasteiger partial charge in [-0.15, -0.1) is 0 Å². The third-order valence-electron chi connectivity index (χ3n) is 3.37. The third kappa shape index (κ3) is 3.58. The molecule has 1 unspecified atom stereocenters. The number of aliphatic hydroxyl groups is 4. The first-order valence-electron chi connectivity index (χ1n) is 6.60. The summed E-state index contributed by atoms with van der Waals surface area (Å²) in [5, 5.41) is 49.3. The molecule has 5 atom stereocenters. The first-order valence-corrected chi connectivity index (χ1v) is 6.60. The summed E-state index contributed by atoms with van der Waals surface area (Å²) in [7, 11) is 0. The fourth-order valence-electron chi connectivity index (χ4n) is 2.12. The predicted octanol–water partition coefficient (Wildman–Crippen LogP) is -0.916. The highest BCUT2D eigenvalue weighted by Crippen LogP contribution is 2.28. The SMILES string of the molecule is O=[N+]([O-])c1cccc(C2OC[C@@H](O)[C@@H](O)[C@H](O)[C@H](CO)O2)c1. The quantitative estimate of drug-likeness (QED) is 0.414. The topological polar surface area (TPSA) is 143 Å². The summed E-state index contributed by atoms with van der Waals surface area (Å²) in [6, 6.07) is 5.48. The summed E-state index contributed by atoms with van der Waals surface area (Å²) in [5.74, 6) is 0. The standard InChI is InChI=1S/C13H17NO8/c15-5-10-12(18)11(17)9(16)6-21-13(22-10)7-2-1-3-8(4-7)14(19)20/h1-4,9-13,15-18H,5-6H2/t9-,10+,11-,12-,13?/m1/s1. The molecule has 0 spiro atoms. The second-order valence-electron chi connectivity index (χ2n) is 4.92. The molecule has 0 aliphatic carbocycles. The van der Waals surface area contributed by atoms with Crippen molar-refractivity contribution in [2.75, 3.05) is 13.2 Å². The molecule has 1 heterocycles. The summed E-state index contributed by atoms with van der Waals surface area (Å²) >= 11 is 0. The van der Waals surface area contributed by atoms with Crippen molar-refractivity contribution in [3.8, 4) is 0 Å². The Morgan fingerprint density at radius 1 is 1.27 bits per heavy atom. The lowest BCUT2D eigenvalue weighted by Crippen LogP contribution is -2.51. The van der Waals surface area contributed by atoms with Crippen molar-refractivity contribution in [1.29, 1.82) is 0 Å². The van der Waals surface area contributed by atoms with Crippen LogP contribution in [0.15, 0.2) is 24.3 Å². The Bertz CT molecular complexity index is 525. The van der Waals surface area contributed by atoms with Crippen molar-refractivity contribution in [1.82, 2.24) is 0 Å². The molecule has 0 radical (unpaired) electrons. The molecule has 1 saturated heterocycles. The van der Waals surface area contributed by atoms with Gasteiger partial charge in [-0.2, -0.15) is 0 Å². The van der Waals surface area contributed by atoms with Gasteiger partial charge in [0.1, 0.15) is 24.4 Å². The number of rotatable bonds is 3. The Kier molecular flexibility index (Phi) is 5.40. The molecule has 0 amide bonds. The van der Waals surface area contributed by atoms with E-state index < -0.39 is 42.2 Å². The van der Waals surface area contributed by atoms with Crippen molar-refractivity contribution in [3.05, 3.63) is 39.9 Å². The van der Waals surface area contributed by atoms with Crippen LogP contribution in [0, 0.1) is 10.1 Å². The monoisotopic (exact) mass is 315 g/mol. The van der Waals surface area contributed by atoms with Gasteiger partial charge < -0.3 is 29.9 Å². The summed E-state index contributed by atoms with van der Waals surface area (Å²) in [5.41, 5.74) is 0.122. The first kappa shape index (κ1) is 16.7. The second kappa shape index (κ2) is 7.09. The molecule has 122 valence electrons. The number of ether oxygens (including phenoxy) is 2. The fraction of sp³-hybridized carbons (Fsp3) is 0.538. The van der Waals surface area contributed by atoms with E-state index in [2.05, 4.69) is 0 Å². The molecule has 9 heteroatoms. The van der Waals surface area contributed by atoms with E-state index in [1.165, 1.54) is 24.3 Å². The van der Waals surface area contributed by atoms with Crippen molar-refractivity contribution in [2.45, 2.75) is 30.7 Å². The number of non-ortho nitro benzene ring substituents is 1. The molecule has 1 aromatic carbocycles. The van der Waals surface area contributed by atoms with Crippen LogP contribution in [0.3, 0.4) is 0 Å². The molecule has 1 fully saturated rings. The largest absolute Gasteiger partial charge is 0.394 e. The first-order chi connectivity index (χ1) is 10.4. The Hall–Kier alpha value is -1.62. The average molecular weight is 315 g/mol. The van der Waals surface area contributed by atoms with Crippen molar-refractivity contribution in [2.24, 2.45) is 0 Å². The van der Waals surface area contributed by atoms with Crippen LogP contribution in [-0.4, -0.2) is 63.0 Å². The van der Waals surface area contributed by atoms with E-state index in [0.29, 0.717) is 5.56 Å². The number of nitro benzene ring substituents is 1. The maximum atomic E-state index is 10.8. The van der Waals surface area contributed by atoms with Crippen LogP contribution < -0.4 is 0 Å². The van der Waals surface area contributed by atoms with Gasteiger partial charge >= 0.3 is 0 Å². The fourth-order valence-corrected chi connectivity index (χ4v) is 2.12. The molecule has 0 saturated carbocycles. The van der Waals surface area contributed by atoms with Crippen LogP contribution in [-0.2, 0) is 9.47 Å². The third-order valence-corrected chi connectivity index (χ3v) is 3.37. The molecule has 9 nitrogen and oxygen atoms in total. The van der Waals surface area contributed by atoms with Gasteiger partial charge in [0.2, 0.25) is 0 Å². The minimum absolute atomic E-state index is 0.173. The number of hydrogen-bond acceptors (Lipinski definition) is 8. The lowest BCUT2D eigenvalue weighted by molar-refractivity contribution is -0.385. The molecule has 0 aromatic heterocycles. The summed E-state index contributed by atoms with van der Waals surface area (Å²) < 4.78 is 10.7. The molecule has 1 aromatic rings. The zero-order chi connectivity index (χ0) is 16.3. The zero-order valence-electron chi connectivity index (χ0n) is 11.5. The molecular weight excluding hydrogens is 298 g/mol. The Morgan fingerprint density at radius 2 is 2.00 bits per heavy atom. The van der Waals surface area contributed by atoms with Gasteiger partial charge in [0.25, 0.3) is 5.69 Å². The maximum Gasteiger partial charge on any atom is 0.269 e. The molecule has 2 rings (SSSR count). The van der Waals surface area contributed by atoms with Crippen molar-refractivity contribution in [3.63, 3.8) is 0 Å². The van der Waals surface area contributed by atoms with E-state index in [4.69, 9.17) is 9.47 Å². The van der Waals surface area contributed by atoms with Gasteiger partial charge in [-0.25, -0.2) is 0 Å². The molecule has 1 aliphatic rings. The smallest absolute Gasteiger partial charge is 0.269 e. The van der Waals surface area contributed by atoms with Crippen LogP contribution in [0.5, 0.6) is 0 Å². The van der Waals surface area contributed by atoms with Crippen molar-refractivity contribution >= 4 is 5.69 Å². The highest BCUT2D eigenvalue weighted by atomic mass is 16.7. The van der Waals surface area contributed by atoms with E-state index >= 15 is 0 Å². The highest BCUT2D eigenvalue weighted by Gasteiger charge is 2.37. The van der Waals surface area contributed by atoms with E-state index in [1.54, 1.807) is 0 Å². The number of nitro groups is 1. The normalized spacial score (nSPS) is 33.0. The summed E-state index contributed by atoms with van der Waals surface area (Å²) in [6.45, 7) is -0.969. The van der Waals surface area contributed by atoms with Gasteiger partial charge in [-0.05, 0) is 0 Å².